The Hall–Kier alpha value is -1.19. The van der Waals surface area contributed by atoms with Crippen LogP contribution in [0.1, 0.15) is 103 Å². The first-order chi connectivity index (χ1) is 13.7. The van der Waals surface area contributed by atoms with E-state index in [-0.39, 0.29) is 0 Å². The number of hydrogen-bond donors (Lipinski definition) is 4. The van der Waals surface area contributed by atoms with E-state index < -0.39 is 33.7 Å². The van der Waals surface area contributed by atoms with E-state index in [0.29, 0.717) is 6.61 Å². The molecular formula is C20H40O8S. The van der Waals surface area contributed by atoms with E-state index in [1.54, 1.807) is 0 Å². The van der Waals surface area contributed by atoms with Gasteiger partial charge in [0, 0.05) is 6.61 Å². The minimum Gasteiger partial charge on any atom is -0.481 e. The second-order valence-corrected chi connectivity index (χ2v) is 8.86. The highest BCUT2D eigenvalue weighted by atomic mass is 32.2. The molecule has 0 aromatic carbocycles. The van der Waals surface area contributed by atoms with Crippen molar-refractivity contribution in [1.82, 2.24) is 0 Å². The van der Waals surface area contributed by atoms with Crippen molar-refractivity contribution in [3.8, 4) is 0 Å². The van der Waals surface area contributed by atoms with E-state index in [1.165, 1.54) is 83.5 Å². The van der Waals surface area contributed by atoms with Crippen LogP contribution in [0, 0.1) is 0 Å². The van der Waals surface area contributed by atoms with Crippen molar-refractivity contribution in [2.24, 2.45) is 0 Å². The van der Waals surface area contributed by atoms with Gasteiger partial charge in [0.15, 0.2) is 5.25 Å². The summed E-state index contributed by atoms with van der Waals surface area (Å²) in [6.45, 7) is 2.65. The number of carboxylic acids is 2. The molecule has 0 rings (SSSR count). The standard InChI is InChI=1S/C16H34O.C4H6O7S/c1-2-3-4-5-6-7-8-9-10-11-12-13-14-15-16-17;5-3(6)1-2(4(7)8)12(9,10)11/h17H,2-16H2,1H3;2H,1H2,(H,5,6)(H,7,8)(H,9,10,11). The summed E-state index contributed by atoms with van der Waals surface area (Å²) >= 11 is 0. The monoisotopic (exact) mass is 440 g/mol. The Bertz CT molecular complexity index is 491. The zero-order valence-electron chi connectivity index (χ0n) is 17.7. The predicted molar refractivity (Wildman–Crippen MR) is 113 cm³/mol. The minimum atomic E-state index is -4.84. The smallest absolute Gasteiger partial charge is 0.325 e. The van der Waals surface area contributed by atoms with Gasteiger partial charge in [-0.1, -0.05) is 90.4 Å². The van der Waals surface area contributed by atoms with E-state index in [1.807, 2.05) is 0 Å². The number of carboxylic acid groups (broad SMARTS) is 2. The van der Waals surface area contributed by atoms with Crippen LogP contribution in [0.4, 0.5) is 0 Å². The zero-order valence-corrected chi connectivity index (χ0v) is 18.5. The van der Waals surface area contributed by atoms with E-state index in [2.05, 4.69) is 6.92 Å². The van der Waals surface area contributed by atoms with Gasteiger partial charge in [-0.3, -0.25) is 14.1 Å². The van der Waals surface area contributed by atoms with Crippen LogP contribution in [-0.2, 0) is 19.7 Å². The molecule has 29 heavy (non-hydrogen) atoms. The van der Waals surface area contributed by atoms with Gasteiger partial charge in [-0.2, -0.15) is 8.42 Å². The van der Waals surface area contributed by atoms with Gasteiger partial charge in [-0.25, -0.2) is 0 Å². The van der Waals surface area contributed by atoms with Crippen LogP contribution in [0.15, 0.2) is 0 Å². The molecule has 9 heteroatoms. The van der Waals surface area contributed by atoms with Crippen molar-refractivity contribution in [3.63, 3.8) is 0 Å². The maximum atomic E-state index is 10.2. The van der Waals surface area contributed by atoms with Crippen LogP contribution in [-0.4, -0.2) is 52.1 Å². The van der Waals surface area contributed by atoms with Gasteiger partial charge in [0.25, 0.3) is 10.1 Å². The lowest BCUT2D eigenvalue weighted by Gasteiger charge is -2.04. The third-order valence-electron chi connectivity index (χ3n) is 4.51. The van der Waals surface area contributed by atoms with Crippen molar-refractivity contribution in [2.45, 2.75) is 108 Å². The Kier molecular flexibility index (Phi) is 20.8. The normalized spacial score (nSPS) is 12.1. The quantitative estimate of drug-likeness (QED) is 0.182. The molecule has 0 radical (unpaired) electrons. The van der Waals surface area contributed by atoms with Crippen LogP contribution in [0.5, 0.6) is 0 Å². The molecule has 0 fully saturated rings. The molecule has 0 aliphatic rings. The number of carbonyl (C=O) groups is 2. The Morgan fingerprint density at radius 3 is 1.28 bits per heavy atom. The second kappa shape index (κ2) is 20.1. The lowest BCUT2D eigenvalue weighted by atomic mass is 10.0. The summed E-state index contributed by atoms with van der Waals surface area (Å²) in [6, 6.07) is 0. The van der Waals surface area contributed by atoms with Gasteiger partial charge in [0.05, 0.1) is 6.42 Å². The number of rotatable bonds is 18. The summed E-state index contributed by atoms with van der Waals surface area (Å²) < 4.78 is 28.7. The molecule has 0 spiro atoms. The van der Waals surface area contributed by atoms with E-state index >= 15 is 0 Å². The van der Waals surface area contributed by atoms with E-state index in [0.717, 1.165) is 6.42 Å². The fourth-order valence-corrected chi connectivity index (χ4v) is 3.39. The molecule has 0 heterocycles. The second-order valence-electron chi connectivity index (χ2n) is 7.26. The number of hydrogen-bond acceptors (Lipinski definition) is 5. The summed E-state index contributed by atoms with van der Waals surface area (Å²) in [5.41, 5.74) is 0. The Morgan fingerprint density at radius 1 is 0.724 bits per heavy atom. The third-order valence-corrected chi connectivity index (χ3v) is 5.59. The molecule has 0 saturated carbocycles. The van der Waals surface area contributed by atoms with Crippen molar-refractivity contribution < 1.29 is 37.9 Å². The Labute approximate surface area is 175 Å². The molecule has 0 saturated heterocycles. The largest absolute Gasteiger partial charge is 0.481 e. The number of aliphatic hydroxyl groups is 1. The first kappa shape index (κ1) is 30.0. The highest BCUT2D eigenvalue weighted by Gasteiger charge is 2.33. The first-order valence-corrected chi connectivity index (χ1v) is 12.2. The van der Waals surface area contributed by atoms with Gasteiger partial charge in [0.2, 0.25) is 0 Å². The van der Waals surface area contributed by atoms with Crippen molar-refractivity contribution in [2.75, 3.05) is 6.61 Å². The molecule has 0 aliphatic carbocycles. The summed E-state index contributed by atoms with van der Waals surface area (Å²) in [7, 11) is -4.84. The first-order valence-electron chi connectivity index (χ1n) is 10.7. The zero-order chi connectivity index (χ0) is 22.5. The predicted octanol–water partition coefficient (Wildman–Crippen LogP) is 4.26. The molecule has 1 unspecified atom stereocenters. The average molecular weight is 441 g/mol. The molecule has 0 aliphatic heterocycles. The highest BCUT2D eigenvalue weighted by molar-refractivity contribution is 7.87. The van der Waals surface area contributed by atoms with Gasteiger partial charge >= 0.3 is 11.9 Å². The fourth-order valence-electron chi connectivity index (χ4n) is 2.78. The molecule has 0 aromatic rings. The van der Waals surface area contributed by atoms with Crippen LogP contribution < -0.4 is 0 Å². The molecule has 0 bridgehead atoms. The topological polar surface area (TPSA) is 149 Å². The summed E-state index contributed by atoms with van der Waals surface area (Å²) in [4.78, 5) is 20.0. The van der Waals surface area contributed by atoms with E-state index in [9.17, 15) is 18.0 Å². The lowest BCUT2D eigenvalue weighted by Crippen LogP contribution is -2.31. The Balaban J connectivity index is 0. The van der Waals surface area contributed by atoms with Crippen LogP contribution >= 0.6 is 0 Å². The average Bonchev–Trinajstić information content (AvgIpc) is 2.63. The van der Waals surface area contributed by atoms with Crippen LogP contribution in [0.3, 0.4) is 0 Å². The number of unbranched alkanes of at least 4 members (excludes halogenated alkanes) is 13. The number of aliphatic carboxylic acids is 2. The SMILES string of the molecule is CCCCCCCCCCCCCCCCO.O=C(O)CC(C(=O)O)S(=O)(=O)O. The summed E-state index contributed by atoms with van der Waals surface area (Å²) in [5.74, 6) is -3.50. The van der Waals surface area contributed by atoms with Crippen molar-refractivity contribution >= 4 is 22.1 Å². The fraction of sp³-hybridized carbons (Fsp3) is 0.900. The Morgan fingerprint density at radius 2 is 1.07 bits per heavy atom. The van der Waals surface area contributed by atoms with Gasteiger partial charge < -0.3 is 15.3 Å². The molecule has 0 amide bonds. The molecule has 174 valence electrons. The third kappa shape index (κ3) is 23.0. The summed E-state index contributed by atoms with van der Waals surface area (Å²) in [6.07, 6.45) is 18.0. The maximum Gasteiger partial charge on any atom is 0.325 e. The molecule has 1 atom stereocenters. The van der Waals surface area contributed by atoms with Gasteiger partial charge in [0.1, 0.15) is 0 Å². The van der Waals surface area contributed by atoms with E-state index in [4.69, 9.17) is 19.9 Å². The summed E-state index contributed by atoms with van der Waals surface area (Å²) in [5, 5.41) is 22.6. The molecule has 8 nitrogen and oxygen atoms in total. The number of aliphatic hydroxyl groups excluding tert-OH is 1. The van der Waals surface area contributed by atoms with Crippen molar-refractivity contribution in [3.05, 3.63) is 0 Å². The van der Waals surface area contributed by atoms with Crippen LogP contribution in [0.25, 0.3) is 0 Å². The van der Waals surface area contributed by atoms with Crippen LogP contribution in [0.2, 0.25) is 0 Å². The molecule has 0 aromatic heterocycles. The molecular weight excluding hydrogens is 400 g/mol. The highest BCUT2D eigenvalue weighted by Crippen LogP contribution is 2.12. The maximum absolute atomic E-state index is 10.2. The van der Waals surface area contributed by atoms with Gasteiger partial charge in [-0.15, -0.1) is 0 Å². The minimum absolute atomic E-state index is 0.373. The van der Waals surface area contributed by atoms with Gasteiger partial charge in [-0.05, 0) is 6.42 Å². The molecule has 4 N–H and O–H groups in total. The van der Waals surface area contributed by atoms with Crippen molar-refractivity contribution in [1.29, 1.82) is 0 Å². The lowest BCUT2D eigenvalue weighted by molar-refractivity contribution is -0.143.